The number of rotatable bonds is 3. The molecule has 0 spiro atoms. The van der Waals surface area contributed by atoms with Crippen molar-refractivity contribution in [2.75, 3.05) is 11.9 Å². The van der Waals surface area contributed by atoms with Gasteiger partial charge in [0.1, 0.15) is 0 Å². The van der Waals surface area contributed by atoms with Crippen molar-refractivity contribution in [2.45, 2.75) is 38.1 Å². The standard InChI is InChI=1S/C16H20N2O3/c19-15(12-2-1-10-7-8-17-14(10)9-12)18-13-5-3-11(4-6-13)16(20)21/h1-2,9,11,13,17H,3-8H2,(H,18,19)(H,20,21). The number of amides is 1. The molecule has 0 aromatic heterocycles. The van der Waals surface area contributed by atoms with E-state index in [9.17, 15) is 9.59 Å². The van der Waals surface area contributed by atoms with Crippen molar-refractivity contribution >= 4 is 17.6 Å². The van der Waals surface area contributed by atoms with Crippen LogP contribution >= 0.6 is 0 Å². The van der Waals surface area contributed by atoms with Gasteiger partial charge >= 0.3 is 5.97 Å². The largest absolute Gasteiger partial charge is 0.481 e. The average molecular weight is 288 g/mol. The van der Waals surface area contributed by atoms with E-state index in [1.165, 1.54) is 5.56 Å². The first kappa shape index (κ1) is 13.9. The van der Waals surface area contributed by atoms with Crippen molar-refractivity contribution in [3.63, 3.8) is 0 Å². The average Bonchev–Trinajstić information content (AvgIpc) is 2.95. The van der Waals surface area contributed by atoms with Crippen LogP contribution in [-0.4, -0.2) is 29.6 Å². The molecule has 1 aromatic rings. The van der Waals surface area contributed by atoms with Crippen molar-refractivity contribution in [1.82, 2.24) is 5.32 Å². The van der Waals surface area contributed by atoms with Crippen LogP contribution in [0.2, 0.25) is 0 Å². The molecular formula is C16H20N2O3. The molecule has 21 heavy (non-hydrogen) atoms. The van der Waals surface area contributed by atoms with Crippen molar-refractivity contribution in [1.29, 1.82) is 0 Å². The molecule has 3 rings (SSSR count). The third-order valence-electron chi connectivity index (χ3n) is 4.49. The summed E-state index contributed by atoms with van der Waals surface area (Å²) < 4.78 is 0. The number of hydrogen-bond donors (Lipinski definition) is 3. The smallest absolute Gasteiger partial charge is 0.306 e. The van der Waals surface area contributed by atoms with Crippen LogP contribution in [0.1, 0.15) is 41.6 Å². The SMILES string of the molecule is O=C(NC1CCC(C(=O)O)CC1)c1ccc2c(c1)NCC2. The van der Waals surface area contributed by atoms with Crippen LogP contribution in [0.5, 0.6) is 0 Å². The maximum absolute atomic E-state index is 12.3. The second-order valence-electron chi connectivity index (χ2n) is 5.91. The maximum atomic E-state index is 12.3. The molecule has 1 heterocycles. The van der Waals surface area contributed by atoms with Gasteiger partial charge in [-0.05, 0) is 49.8 Å². The summed E-state index contributed by atoms with van der Waals surface area (Å²) in [6.45, 7) is 0.930. The Labute approximate surface area is 123 Å². The Hall–Kier alpha value is -2.04. The summed E-state index contributed by atoms with van der Waals surface area (Å²) in [4.78, 5) is 23.2. The van der Waals surface area contributed by atoms with E-state index in [4.69, 9.17) is 5.11 Å². The maximum Gasteiger partial charge on any atom is 0.306 e. The molecule has 5 heteroatoms. The molecule has 0 unspecified atom stereocenters. The Morgan fingerprint density at radius 2 is 1.95 bits per heavy atom. The lowest BCUT2D eigenvalue weighted by Gasteiger charge is -2.26. The Balaban J connectivity index is 1.58. The Kier molecular flexibility index (Phi) is 3.82. The summed E-state index contributed by atoms with van der Waals surface area (Å²) in [6, 6.07) is 5.87. The van der Waals surface area contributed by atoms with Crippen molar-refractivity contribution in [3.8, 4) is 0 Å². The zero-order chi connectivity index (χ0) is 14.8. The van der Waals surface area contributed by atoms with Gasteiger partial charge in [-0.3, -0.25) is 9.59 Å². The second-order valence-corrected chi connectivity index (χ2v) is 5.91. The quantitative estimate of drug-likeness (QED) is 0.795. The van der Waals surface area contributed by atoms with Crippen molar-refractivity contribution in [2.24, 2.45) is 5.92 Å². The highest BCUT2D eigenvalue weighted by molar-refractivity contribution is 5.95. The van der Waals surface area contributed by atoms with Crippen LogP contribution in [0.15, 0.2) is 18.2 Å². The highest BCUT2D eigenvalue weighted by Crippen LogP contribution is 2.26. The minimum absolute atomic E-state index is 0.0646. The molecule has 0 atom stereocenters. The van der Waals surface area contributed by atoms with E-state index < -0.39 is 5.97 Å². The Morgan fingerprint density at radius 1 is 1.19 bits per heavy atom. The van der Waals surface area contributed by atoms with E-state index in [0.717, 1.165) is 31.5 Å². The lowest BCUT2D eigenvalue weighted by molar-refractivity contribution is -0.142. The highest BCUT2D eigenvalue weighted by Gasteiger charge is 2.27. The monoisotopic (exact) mass is 288 g/mol. The van der Waals surface area contributed by atoms with Crippen LogP contribution in [0.25, 0.3) is 0 Å². The molecule has 0 radical (unpaired) electrons. The zero-order valence-electron chi connectivity index (χ0n) is 11.9. The van der Waals surface area contributed by atoms with Gasteiger partial charge in [0.25, 0.3) is 5.91 Å². The van der Waals surface area contributed by atoms with Gasteiger partial charge in [0.2, 0.25) is 0 Å². The molecule has 0 saturated heterocycles. The van der Waals surface area contributed by atoms with Crippen molar-refractivity contribution in [3.05, 3.63) is 29.3 Å². The van der Waals surface area contributed by atoms with Crippen LogP contribution in [0, 0.1) is 5.92 Å². The minimum atomic E-state index is -0.718. The van der Waals surface area contributed by atoms with Crippen molar-refractivity contribution < 1.29 is 14.7 Å². The number of anilines is 1. The van der Waals surface area contributed by atoms with Gasteiger partial charge in [-0.1, -0.05) is 6.07 Å². The van der Waals surface area contributed by atoms with Crippen LogP contribution in [0.4, 0.5) is 5.69 Å². The number of carboxylic acids is 1. The van der Waals surface area contributed by atoms with Gasteiger partial charge in [0.15, 0.2) is 0 Å². The number of carboxylic acid groups (broad SMARTS) is 1. The number of aliphatic carboxylic acids is 1. The van der Waals surface area contributed by atoms with Gasteiger partial charge in [0, 0.05) is 23.8 Å². The predicted molar refractivity (Wildman–Crippen MR) is 79.5 cm³/mol. The van der Waals surface area contributed by atoms with E-state index >= 15 is 0 Å². The van der Waals surface area contributed by atoms with Gasteiger partial charge in [0.05, 0.1) is 5.92 Å². The number of carbonyl (C=O) groups is 2. The van der Waals surface area contributed by atoms with Crippen LogP contribution in [0.3, 0.4) is 0 Å². The van der Waals surface area contributed by atoms with E-state index in [1.54, 1.807) is 0 Å². The van der Waals surface area contributed by atoms with E-state index in [-0.39, 0.29) is 17.9 Å². The molecule has 1 amide bonds. The molecule has 0 bridgehead atoms. The van der Waals surface area contributed by atoms with E-state index in [1.807, 2.05) is 18.2 Å². The fourth-order valence-electron chi connectivity index (χ4n) is 3.19. The normalized spacial score (nSPS) is 24.0. The highest BCUT2D eigenvalue weighted by atomic mass is 16.4. The first-order chi connectivity index (χ1) is 10.1. The van der Waals surface area contributed by atoms with Crippen LogP contribution in [-0.2, 0) is 11.2 Å². The summed E-state index contributed by atoms with van der Waals surface area (Å²) in [5.41, 5.74) is 2.98. The fourth-order valence-corrected chi connectivity index (χ4v) is 3.19. The number of benzene rings is 1. The molecule has 1 aliphatic heterocycles. The zero-order valence-corrected chi connectivity index (χ0v) is 11.9. The molecule has 1 saturated carbocycles. The summed E-state index contributed by atoms with van der Waals surface area (Å²) in [6.07, 6.45) is 3.78. The lowest BCUT2D eigenvalue weighted by atomic mass is 9.86. The fraction of sp³-hybridized carbons (Fsp3) is 0.500. The predicted octanol–water partition coefficient (Wildman–Crippen LogP) is 2.03. The van der Waals surface area contributed by atoms with E-state index in [2.05, 4.69) is 10.6 Å². The number of nitrogens with one attached hydrogen (secondary N) is 2. The van der Waals surface area contributed by atoms with Gasteiger partial charge in [-0.15, -0.1) is 0 Å². The minimum Gasteiger partial charge on any atom is -0.481 e. The third-order valence-corrected chi connectivity index (χ3v) is 4.49. The molecule has 2 aliphatic rings. The lowest BCUT2D eigenvalue weighted by Crippen LogP contribution is -2.38. The van der Waals surface area contributed by atoms with E-state index in [0.29, 0.717) is 18.4 Å². The number of fused-ring (bicyclic) bond motifs is 1. The number of carbonyl (C=O) groups excluding carboxylic acids is 1. The molecular weight excluding hydrogens is 268 g/mol. The second kappa shape index (κ2) is 5.76. The third kappa shape index (κ3) is 3.01. The van der Waals surface area contributed by atoms with Gasteiger partial charge in [-0.2, -0.15) is 0 Å². The summed E-state index contributed by atoms with van der Waals surface area (Å²) >= 11 is 0. The van der Waals surface area contributed by atoms with Crippen LogP contribution < -0.4 is 10.6 Å². The molecule has 3 N–H and O–H groups in total. The molecule has 1 aliphatic carbocycles. The topological polar surface area (TPSA) is 78.4 Å². The summed E-state index contributed by atoms with van der Waals surface area (Å²) in [5, 5.41) is 15.3. The number of hydrogen-bond acceptors (Lipinski definition) is 3. The first-order valence-electron chi connectivity index (χ1n) is 7.54. The van der Waals surface area contributed by atoms with Gasteiger partial charge < -0.3 is 15.7 Å². The molecule has 112 valence electrons. The Morgan fingerprint density at radius 3 is 2.67 bits per heavy atom. The van der Waals surface area contributed by atoms with Gasteiger partial charge in [-0.25, -0.2) is 0 Å². The molecule has 5 nitrogen and oxygen atoms in total. The first-order valence-corrected chi connectivity index (χ1v) is 7.54. The Bertz CT molecular complexity index is 563. The summed E-state index contributed by atoms with van der Waals surface area (Å²) in [5.74, 6) is -1.03. The molecule has 1 fully saturated rings. The molecule has 1 aromatic carbocycles. The summed E-state index contributed by atoms with van der Waals surface area (Å²) in [7, 11) is 0.